The molecular weight excluding hydrogens is 436 g/mol. The zero-order chi connectivity index (χ0) is 22.4. The summed E-state index contributed by atoms with van der Waals surface area (Å²) in [4.78, 5) is 4.99. The summed E-state index contributed by atoms with van der Waals surface area (Å²) in [5.74, 6) is 0. The second kappa shape index (κ2) is 8.27. The molecule has 168 valence electrons. The molecule has 4 rings (SSSR count). The summed E-state index contributed by atoms with van der Waals surface area (Å²) in [7, 11) is -7.43. The third-order valence-electron chi connectivity index (χ3n) is 6.29. The van der Waals surface area contributed by atoms with Gasteiger partial charge in [-0.1, -0.05) is 12.1 Å². The fourth-order valence-electron chi connectivity index (χ4n) is 4.52. The highest BCUT2D eigenvalue weighted by atomic mass is 32.2. The predicted octanol–water partition coefficient (Wildman–Crippen LogP) is 0.786. The maximum atomic E-state index is 11.7. The Hall–Kier alpha value is -1.82. The SMILES string of the molecule is CC(CN1CCc2ccc(S(N)(=O)=O)cc2C1)N1CCc2ccc(S(N)(=O)=O)cc2C1. The molecule has 0 saturated carbocycles. The minimum Gasteiger partial charge on any atom is -0.297 e. The molecule has 0 amide bonds. The van der Waals surface area contributed by atoms with Crippen LogP contribution in [-0.2, 0) is 46.0 Å². The summed E-state index contributed by atoms with van der Waals surface area (Å²) in [6, 6.07) is 10.5. The molecule has 8 nitrogen and oxygen atoms in total. The highest BCUT2D eigenvalue weighted by Gasteiger charge is 2.25. The molecule has 2 heterocycles. The van der Waals surface area contributed by atoms with Crippen molar-refractivity contribution in [3.8, 4) is 0 Å². The van der Waals surface area contributed by atoms with E-state index in [2.05, 4.69) is 16.7 Å². The Bertz CT molecular complexity index is 1210. The van der Waals surface area contributed by atoms with Crippen LogP contribution in [0.1, 0.15) is 29.2 Å². The van der Waals surface area contributed by atoms with Gasteiger partial charge in [0.05, 0.1) is 9.79 Å². The van der Waals surface area contributed by atoms with Gasteiger partial charge in [0, 0.05) is 38.8 Å². The van der Waals surface area contributed by atoms with Gasteiger partial charge in [-0.2, -0.15) is 0 Å². The van der Waals surface area contributed by atoms with Crippen LogP contribution in [0.25, 0.3) is 0 Å². The van der Waals surface area contributed by atoms with Gasteiger partial charge in [-0.3, -0.25) is 9.80 Å². The molecule has 0 aromatic heterocycles. The molecule has 1 atom stereocenters. The number of hydrogen-bond acceptors (Lipinski definition) is 6. The van der Waals surface area contributed by atoms with Gasteiger partial charge in [0.2, 0.25) is 20.0 Å². The standard InChI is InChI=1S/C21H28N4O4S2/c1-15(25-9-7-17-3-5-21(31(23,28)29)11-19(17)14-25)12-24-8-6-16-2-4-20(30(22,26)27)10-18(16)13-24/h2-5,10-11,15H,6-9,12-14H2,1H3,(H2,22,26,27)(H2,23,28,29). The molecule has 0 saturated heterocycles. The fraction of sp³-hybridized carbons (Fsp3) is 0.429. The van der Waals surface area contributed by atoms with Crippen molar-refractivity contribution in [3.05, 3.63) is 58.7 Å². The zero-order valence-corrected chi connectivity index (χ0v) is 19.1. The summed E-state index contributed by atoms with van der Waals surface area (Å²) in [5.41, 5.74) is 4.34. The van der Waals surface area contributed by atoms with Crippen molar-refractivity contribution in [2.24, 2.45) is 10.3 Å². The second-order valence-corrected chi connectivity index (χ2v) is 11.6. The zero-order valence-electron chi connectivity index (χ0n) is 17.5. The largest absolute Gasteiger partial charge is 0.297 e. The summed E-state index contributed by atoms with van der Waals surface area (Å²) in [6.45, 7) is 6.19. The van der Waals surface area contributed by atoms with Crippen molar-refractivity contribution in [2.45, 2.75) is 48.7 Å². The van der Waals surface area contributed by atoms with Crippen LogP contribution < -0.4 is 10.3 Å². The third-order valence-corrected chi connectivity index (χ3v) is 8.11. The van der Waals surface area contributed by atoms with E-state index in [1.165, 1.54) is 11.1 Å². The van der Waals surface area contributed by atoms with Gasteiger partial charge in [0.1, 0.15) is 0 Å². The summed E-state index contributed by atoms with van der Waals surface area (Å²) in [6.07, 6.45) is 1.73. The van der Waals surface area contributed by atoms with Crippen LogP contribution in [0, 0.1) is 0 Å². The van der Waals surface area contributed by atoms with Gasteiger partial charge in [-0.25, -0.2) is 27.1 Å². The lowest BCUT2D eigenvalue weighted by atomic mass is 9.97. The molecule has 31 heavy (non-hydrogen) atoms. The van der Waals surface area contributed by atoms with Crippen LogP contribution in [0.5, 0.6) is 0 Å². The minimum absolute atomic E-state index is 0.152. The van der Waals surface area contributed by atoms with Crippen molar-refractivity contribution < 1.29 is 16.8 Å². The summed E-state index contributed by atoms with van der Waals surface area (Å²) < 4.78 is 46.8. The molecule has 0 fully saturated rings. The lowest BCUT2D eigenvalue weighted by molar-refractivity contribution is 0.129. The van der Waals surface area contributed by atoms with Crippen molar-refractivity contribution in [1.82, 2.24) is 9.80 Å². The van der Waals surface area contributed by atoms with Gasteiger partial charge >= 0.3 is 0 Å². The molecule has 10 heteroatoms. The lowest BCUT2D eigenvalue weighted by Crippen LogP contribution is -2.45. The number of fused-ring (bicyclic) bond motifs is 2. The van der Waals surface area contributed by atoms with E-state index < -0.39 is 20.0 Å². The first-order valence-electron chi connectivity index (χ1n) is 10.3. The van der Waals surface area contributed by atoms with E-state index >= 15 is 0 Å². The van der Waals surface area contributed by atoms with Crippen molar-refractivity contribution in [2.75, 3.05) is 19.6 Å². The van der Waals surface area contributed by atoms with E-state index in [0.717, 1.165) is 43.6 Å². The average molecular weight is 465 g/mol. The molecule has 1 unspecified atom stereocenters. The summed E-state index contributed by atoms with van der Waals surface area (Å²) in [5, 5.41) is 10.6. The Morgan fingerprint density at radius 1 is 0.806 bits per heavy atom. The maximum absolute atomic E-state index is 11.7. The first-order valence-corrected chi connectivity index (χ1v) is 13.4. The molecule has 2 aromatic carbocycles. The summed E-state index contributed by atoms with van der Waals surface area (Å²) >= 11 is 0. The number of nitrogens with zero attached hydrogens (tertiary/aromatic N) is 2. The Balaban J connectivity index is 1.45. The van der Waals surface area contributed by atoms with E-state index in [-0.39, 0.29) is 15.8 Å². The number of nitrogens with two attached hydrogens (primary N) is 2. The second-order valence-electron chi connectivity index (χ2n) is 8.51. The average Bonchev–Trinajstić information content (AvgIpc) is 2.71. The van der Waals surface area contributed by atoms with Crippen molar-refractivity contribution >= 4 is 20.0 Å². The van der Waals surface area contributed by atoms with E-state index in [0.29, 0.717) is 13.1 Å². The van der Waals surface area contributed by atoms with Crippen LogP contribution in [-0.4, -0.2) is 52.3 Å². The van der Waals surface area contributed by atoms with Crippen molar-refractivity contribution in [1.29, 1.82) is 0 Å². The predicted molar refractivity (Wildman–Crippen MR) is 118 cm³/mol. The fourth-order valence-corrected chi connectivity index (χ4v) is 5.65. The first kappa shape index (κ1) is 22.4. The van der Waals surface area contributed by atoms with Gasteiger partial charge in [-0.05, 0) is 66.3 Å². The Morgan fingerprint density at radius 2 is 1.32 bits per heavy atom. The first-order chi connectivity index (χ1) is 14.5. The van der Waals surface area contributed by atoms with Crippen molar-refractivity contribution in [3.63, 3.8) is 0 Å². The quantitative estimate of drug-likeness (QED) is 0.673. The molecule has 4 N–H and O–H groups in total. The van der Waals surface area contributed by atoms with Crippen LogP contribution in [0.15, 0.2) is 46.2 Å². The molecule has 0 aliphatic carbocycles. The highest BCUT2D eigenvalue weighted by Crippen LogP contribution is 2.26. The smallest absolute Gasteiger partial charge is 0.238 e. The molecule has 2 aromatic rings. The molecule has 2 aliphatic rings. The number of primary sulfonamides is 2. The van der Waals surface area contributed by atoms with Gasteiger partial charge < -0.3 is 0 Å². The molecule has 0 spiro atoms. The van der Waals surface area contributed by atoms with Gasteiger partial charge in [0.25, 0.3) is 0 Å². The van der Waals surface area contributed by atoms with Crippen LogP contribution in [0.3, 0.4) is 0 Å². The third kappa shape index (κ3) is 5.00. The Labute approximate surface area is 183 Å². The highest BCUT2D eigenvalue weighted by molar-refractivity contribution is 7.89. The molecule has 2 aliphatic heterocycles. The monoisotopic (exact) mass is 464 g/mol. The number of benzene rings is 2. The van der Waals surface area contributed by atoms with E-state index in [1.807, 2.05) is 12.1 Å². The maximum Gasteiger partial charge on any atom is 0.238 e. The van der Waals surface area contributed by atoms with E-state index in [4.69, 9.17) is 10.3 Å². The van der Waals surface area contributed by atoms with E-state index in [9.17, 15) is 16.8 Å². The van der Waals surface area contributed by atoms with Gasteiger partial charge in [0.15, 0.2) is 0 Å². The Kier molecular flexibility index (Phi) is 5.97. The molecule has 0 radical (unpaired) electrons. The van der Waals surface area contributed by atoms with Crippen LogP contribution in [0.4, 0.5) is 0 Å². The number of sulfonamides is 2. The molecular formula is C21H28N4O4S2. The van der Waals surface area contributed by atoms with E-state index in [1.54, 1.807) is 24.3 Å². The molecule has 0 bridgehead atoms. The normalized spacial score (nSPS) is 18.9. The van der Waals surface area contributed by atoms with Crippen LogP contribution in [0.2, 0.25) is 0 Å². The topological polar surface area (TPSA) is 127 Å². The van der Waals surface area contributed by atoms with Crippen LogP contribution >= 0.6 is 0 Å². The number of hydrogen-bond donors (Lipinski definition) is 2. The Morgan fingerprint density at radius 3 is 1.87 bits per heavy atom. The van der Waals surface area contributed by atoms with Gasteiger partial charge in [-0.15, -0.1) is 0 Å². The lowest BCUT2D eigenvalue weighted by Gasteiger charge is -2.38. The number of rotatable bonds is 5. The minimum atomic E-state index is -3.72.